The van der Waals surface area contributed by atoms with Crippen molar-refractivity contribution < 1.29 is 9.18 Å². The molecule has 2 amide bonds. The number of rotatable bonds is 3. The van der Waals surface area contributed by atoms with Crippen LogP contribution >= 0.6 is 0 Å². The highest BCUT2D eigenvalue weighted by Gasteiger charge is 2.09. The van der Waals surface area contributed by atoms with E-state index in [4.69, 9.17) is 0 Å². The van der Waals surface area contributed by atoms with Crippen LogP contribution in [-0.4, -0.2) is 6.03 Å². The second-order valence-corrected chi connectivity index (χ2v) is 4.69. The SMILES string of the molecule is Cc1ccc(NC(=O)N[C@H](C)c2ccccc2)cc1F. The zero-order valence-corrected chi connectivity index (χ0v) is 11.5. The average molecular weight is 272 g/mol. The number of carbonyl (C=O) groups is 1. The first-order valence-electron chi connectivity index (χ1n) is 6.45. The molecule has 20 heavy (non-hydrogen) atoms. The third-order valence-electron chi connectivity index (χ3n) is 3.08. The van der Waals surface area contributed by atoms with Gasteiger partial charge >= 0.3 is 6.03 Å². The highest BCUT2D eigenvalue weighted by Crippen LogP contribution is 2.15. The summed E-state index contributed by atoms with van der Waals surface area (Å²) in [5.74, 6) is -0.334. The second-order valence-electron chi connectivity index (χ2n) is 4.69. The molecule has 2 N–H and O–H groups in total. The molecule has 4 heteroatoms. The van der Waals surface area contributed by atoms with E-state index < -0.39 is 0 Å². The maximum Gasteiger partial charge on any atom is 0.319 e. The van der Waals surface area contributed by atoms with E-state index in [2.05, 4.69) is 10.6 Å². The van der Waals surface area contributed by atoms with Crippen molar-refractivity contribution in [2.45, 2.75) is 19.9 Å². The van der Waals surface area contributed by atoms with Crippen LogP contribution in [0, 0.1) is 12.7 Å². The van der Waals surface area contributed by atoms with Crippen molar-refractivity contribution >= 4 is 11.7 Å². The summed E-state index contributed by atoms with van der Waals surface area (Å²) in [4.78, 5) is 11.8. The lowest BCUT2D eigenvalue weighted by Crippen LogP contribution is -2.31. The van der Waals surface area contributed by atoms with Gasteiger partial charge in [0.1, 0.15) is 5.82 Å². The lowest BCUT2D eigenvalue weighted by Gasteiger charge is -2.15. The Balaban J connectivity index is 1.97. The summed E-state index contributed by atoms with van der Waals surface area (Å²) in [6.07, 6.45) is 0. The third-order valence-corrected chi connectivity index (χ3v) is 3.08. The normalized spacial score (nSPS) is 11.8. The molecule has 2 rings (SSSR count). The summed E-state index contributed by atoms with van der Waals surface area (Å²) >= 11 is 0. The highest BCUT2D eigenvalue weighted by atomic mass is 19.1. The Morgan fingerprint density at radius 3 is 2.50 bits per heavy atom. The quantitative estimate of drug-likeness (QED) is 0.870. The number of halogens is 1. The minimum atomic E-state index is -0.357. The third kappa shape index (κ3) is 3.57. The number of amides is 2. The van der Waals surface area contributed by atoms with E-state index in [0.717, 1.165) is 5.56 Å². The maximum atomic E-state index is 13.4. The van der Waals surface area contributed by atoms with Gasteiger partial charge in [0, 0.05) is 5.69 Å². The van der Waals surface area contributed by atoms with E-state index in [1.54, 1.807) is 19.1 Å². The molecule has 0 saturated heterocycles. The first-order chi connectivity index (χ1) is 9.56. The Labute approximate surface area is 117 Å². The fraction of sp³-hybridized carbons (Fsp3) is 0.188. The van der Waals surface area contributed by atoms with Gasteiger partial charge in [-0.05, 0) is 37.1 Å². The smallest absolute Gasteiger partial charge is 0.319 e. The molecule has 0 aromatic heterocycles. The van der Waals surface area contributed by atoms with Gasteiger partial charge in [-0.1, -0.05) is 36.4 Å². The van der Waals surface area contributed by atoms with Crippen LogP contribution in [0.5, 0.6) is 0 Å². The van der Waals surface area contributed by atoms with Crippen LogP contribution in [-0.2, 0) is 0 Å². The van der Waals surface area contributed by atoms with Crippen molar-refractivity contribution in [1.82, 2.24) is 5.32 Å². The molecule has 0 bridgehead atoms. The van der Waals surface area contributed by atoms with E-state index in [0.29, 0.717) is 11.3 Å². The summed E-state index contributed by atoms with van der Waals surface area (Å²) in [7, 11) is 0. The first-order valence-corrected chi connectivity index (χ1v) is 6.45. The number of urea groups is 1. The van der Waals surface area contributed by atoms with E-state index in [9.17, 15) is 9.18 Å². The van der Waals surface area contributed by atoms with Crippen molar-refractivity contribution in [2.75, 3.05) is 5.32 Å². The zero-order chi connectivity index (χ0) is 14.5. The zero-order valence-electron chi connectivity index (χ0n) is 11.5. The molecule has 2 aromatic carbocycles. The number of aryl methyl sites for hydroxylation is 1. The Morgan fingerprint density at radius 2 is 1.85 bits per heavy atom. The maximum absolute atomic E-state index is 13.4. The van der Waals surface area contributed by atoms with E-state index in [1.165, 1.54) is 6.07 Å². The predicted molar refractivity (Wildman–Crippen MR) is 78.1 cm³/mol. The van der Waals surface area contributed by atoms with E-state index >= 15 is 0 Å². The van der Waals surface area contributed by atoms with Gasteiger partial charge in [-0.25, -0.2) is 9.18 Å². The summed E-state index contributed by atoms with van der Waals surface area (Å²) < 4.78 is 13.4. The molecule has 0 aliphatic carbocycles. The number of benzene rings is 2. The molecule has 0 aliphatic rings. The molecule has 0 unspecified atom stereocenters. The molecular weight excluding hydrogens is 255 g/mol. The topological polar surface area (TPSA) is 41.1 Å². The number of nitrogens with one attached hydrogen (secondary N) is 2. The second kappa shape index (κ2) is 6.19. The Kier molecular flexibility index (Phi) is 4.35. The minimum absolute atomic E-state index is 0.119. The monoisotopic (exact) mass is 272 g/mol. The van der Waals surface area contributed by atoms with E-state index in [-0.39, 0.29) is 17.9 Å². The number of hydrogen-bond acceptors (Lipinski definition) is 1. The van der Waals surface area contributed by atoms with Gasteiger partial charge in [-0.2, -0.15) is 0 Å². The average Bonchev–Trinajstić information content (AvgIpc) is 2.44. The molecule has 0 heterocycles. The van der Waals surface area contributed by atoms with E-state index in [1.807, 2.05) is 37.3 Å². The first kappa shape index (κ1) is 14.1. The summed E-state index contributed by atoms with van der Waals surface area (Å²) in [6.45, 7) is 3.57. The number of anilines is 1. The van der Waals surface area contributed by atoms with Crippen molar-refractivity contribution in [3.05, 3.63) is 65.5 Å². The molecule has 0 spiro atoms. The van der Waals surface area contributed by atoms with Crippen LogP contribution in [0.1, 0.15) is 24.1 Å². The van der Waals surface area contributed by atoms with Gasteiger partial charge in [-0.15, -0.1) is 0 Å². The van der Waals surface area contributed by atoms with Crippen LogP contribution in [0.15, 0.2) is 48.5 Å². The largest absolute Gasteiger partial charge is 0.331 e. The van der Waals surface area contributed by atoms with Crippen LogP contribution < -0.4 is 10.6 Å². The van der Waals surface area contributed by atoms with Crippen LogP contribution in [0.3, 0.4) is 0 Å². The summed E-state index contributed by atoms with van der Waals surface area (Å²) in [5.41, 5.74) is 2.00. The summed E-state index contributed by atoms with van der Waals surface area (Å²) in [6, 6.07) is 13.8. The molecule has 0 fully saturated rings. The molecule has 1 atom stereocenters. The lowest BCUT2D eigenvalue weighted by molar-refractivity contribution is 0.249. The van der Waals surface area contributed by atoms with Crippen LogP contribution in [0.4, 0.5) is 14.9 Å². The molecule has 0 saturated carbocycles. The lowest BCUT2D eigenvalue weighted by atomic mass is 10.1. The van der Waals surface area contributed by atoms with Crippen molar-refractivity contribution in [1.29, 1.82) is 0 Å². The Morgan fingerprint density at radius 1 is 1.15 bits per heavy atom. The van der Waals surface area contributed by atoms with Gasteiger partial charge < -0.3 is 10.6 Å². The fourth-order valence-electron chi connectivity index (χ4n) is 1.86. The van der Waals surface area contributed by atoms with Gasteiger partial charge in [-0.3, -0.25) is 0 Å². The molecule has 0 radical (unpaired) electrons. The number of hydrogen-bond donors (Lipinski definition) is 2. The van der Waals surface area contributed by atoms with Crippen molar-refractivity contribution in [3.63, 3.8) is 0 Å². The molecule has 2 aromatic rings. The highest BCUT2D eigenvalue weighted by molar-refractivity contribution is 5.89. The molecule has 0 aliphatic heterocycles. The summed E-state index contributed by atoms with van der Waals surface area (Å²) in [5, 5.41) is 5.43. The van der Waals surface area contributed by atoms with Crippen molar-refractivity contribution in [2.24, 2.45) is 0 Å². The van der Waals surface area contributed by atoms with Crippen LogP contribution in [0.25, 0.3) is 0 Å². The molecular formula is C16H17FN2O. The predicted octanol–water partition coefficient (Wildman–Crippen LogP) is 4.02. The Hall–Kier alpha value is -2.36. The van der Waals surface area contributed by atoms with Gasteiger partial charge in [0.05, 0.1) is 6.04 Å². The standard InChI is InChI=1S/C16H17FN2O/c1-11-8-9-14(10-15(11)17)19-16(20)18-12(2)13-6-4-3-5-7-13/h3-10,12H,1-2H3,(H2,18,19,20)/t12-/m1/s1. The van der Waals surface area contributed by atoms with Crippen molar-refractivity contribution in [3.8, 4) is 0 Å². The fourth-order valence-corrected chi connectivity index (χ4v) is 1.86. The minimum Gasteiger partial charge on any atom is -0.331 e. The van der Waals surface area contributed by atoms with Gasteiger partial charge in [0.15, 0.2) is 0 Å². The van der Waals surface area contributed by atoms with Gasteiger partial charge in [0.25, 0.3) is 0 Å². The molecule has 3 nitrogen and oxygen atoms in total. The van der Waals surface area contributed by atoms with Gasteiger partial charge in [0.2, 0.25) is 0 Å². The van der Waals surface area contributed by atoms with Crippen LogP contribution in [0.2, 0.25) is 0 Å². The Bertz CT molecular complexity index is 599. The number of carbonyl (C=O) groups excluding carboxylic acids is 1. The molecule has 104 valence electrons.